The number of rotatable bonds is 0. The number of ether oxygens (including phenoxy) is 1. The molecule has 1 aliphatic carbocycles. The summed E-state index contributed by atoms with van der Waals surface area (Å²) in [5.74, 6) is 1.05. The first-order chi connectivity index (χ1) is 9.79. The van der Waals surface area contributed by atoms with Crippen LogP contribution in [0.2, 0.25) is 0 Å². The van der Waals surface area contributed by atoms with Crippen molar-refractivity contribution in [1.82, 2.24) is 0 Å². The lowest BCUT2D eigenvalue weighted by molar-refractivity contribution is -0.0565. The van der Waals surface area contributed by atoms with Crippen molar-refractivity contribution in [3.8, 4) is 5.75 Å². The lowest BCUT2D eigenvalue weighted by Crippen LogP contribution is -2.45. The first-order valence-electron chi connectivity index (χ1n) is 7.96. The van der Waals surface area contributed by atoms with Gasteiger partial charge in [0.15, 0.2) is 0 Å². The van der Waals surface area contributed by atoms with E-state index < -0.39 is 6.10 Å². The molecule has 1 aromatic rings. The number of halogens is 1. The van der Waals surface area contributed by atoms with Crippen molar-refractivity contribution >= 4 is 0 Å². The molecule has 21 heavy (non-hydrogen) atoms. The molecule has 0 unspecified atom stereocenters. The van der Waals surface area contributed by atoms with Crippen LogP contribution in [0.15, 0.2) is 18.2 Å². The molecule has 1 aliphatic heterocycles. The third kappa shape index (κ3) is 2.80. The maximum absolute atomic E-state index is 13.3. The van der Waals surface area contributed by atoms with Gasteiger partial charge in [0.05, 0.1) is 6.10 Å². The molecule has 0 amide bonds. The molecular weight excluding hydrogens is 267 g/mol. The summed E-state index contributed by atoms with van der Waals surface area (Å²) >= 11 is 0. The quantitative estimate of drug-likeness (QED) is 0.756. The van der Waals surface area contributed by atoms with Gasteiger partial charge in [-0.3, -0.25) is 0 Å². The van der Waals surface area contributed by atoms with Gasteiger partial charge in [-0.25, -0.2) is 4.39 Å². The van der Waals surface area contributed by atoms with Crippen LogP contribution in [0.5, 0.6) is 5.75 Å². The van der Waals surface area contributed by atoms with Gasteiger partial charge in [-0.15, -0.1) is 0 Å². The van der Waals surface area contributed by atoms with E-state index in [1.807, 2.05) is 0 Å². The summed E-state index contributed by atoms with van der Waals surface area (Å²) in [6, 6.07) is 4.46. The van der Waals surface area contributed by atoms with Gasteiger partial charge in [0.25, 0.3) is 0 Å². The summed E-state index contributed by atoms with van der Waals surface area (Å²) in [5.41, 5.74) is 0.667. The maximum Gasteiger partial charge on any atom is 0.126 e. The molecule has 1 atom stereocenters. The van der Waals surface area contributed by atoms with Crippen LogP contribution in [-0.4, -0.2) is 10.7 Å². The monoisotopic (exact) mass is 292 g/mol. The molecule has 1 aromatic carbocycles. The van der Waals surface area contributed by atoms with Gasteiger partial charge in [-0.2, -0.15) is 0 Å². The number of hydrogen-bond acceptors (Lipinski definition) is 2. The average molecular weight is 292 g/mol. The molecule has 1 saturated carbocycles. The van der Waals surface area contributed by atoms with E-state index >= 15 is 0 Å². The fraction of sp³-hybridized carbons (Fsp3) is 0.667. The van der Waals surface area contributed by atoms with Crippen molar-refractivity contribution in [2.45, 2.75) is 64.6 Å². The van der Waals surface area contributed by atoms with Crippen LogP contribution in [0.4, 0.5) is 4.39 Å². The van der Waals surface area contributed by atoms with E-state index in [0.717, 1.165) is 25.7 Å². The Balaban J connectivity index is 1.79. The lowest BCUT2D eigenvalue weighted by Gasteiger charge is -2.47. The highest BCUT2D eigenvalue weighted by Gasteiger charge is 2.44. The van der Waals surface area contributed by atoms with Crippen molar-refractivity contribution < 1.29 is 14.2 Å². The number of hydrogen-bond donors (Lipinski definition) is 1. The van der Waals surface area contributed by atoms with E-state index in [-0.39, 0.29) is 11.4 Å². The summed E-state index contributed by atoms with van der Waals surface area (Å²) in [4.78, 5) is 0. The molecule has 1 fully saturated rings. The Hall–Kier alpha value is -1.09. The number of aliphatic hydroxyl groups is 1. The second-order valence-electron chi connectivity index (χ2n) is 7.83. The Labute approximate surface area is 126 Å². The van der Waals surface area contributed by atoms with Gasteiger partial charge in [-0.1, -0.05) is 20.8 Å². The van der Waals surface area contributed by atoms with Crippen molar-refractivity contribution in [1.29, 1.82) is 0 Å². The van der Waals surface area contributed by atoms with Crippen molar-refractivity contribution in [3.05, 3.63) is 29.6 Å². The minimum Gasteiger partial charge on any atom is -0.487 e. The number of benzene rings is 1. The minimum absolute atomic E-state index is 0.258. The average Bonchev–Trinajstić information content (AvgIpc) is 2.39. The molecule has 1 spiro atoms. The summed E-state index contributed by atoms with van der Waals surface area (Å²) in [7, 11) is 0. The lowest BCUT2D eigenvalue weighted by atomic mass is 9.66. The van der Waals surface area contributed by atoms with Crippen molar-refractivity contribution in [2.75, 3.05) is 0 Å². The summed E-state index contributed by atoms with van der Waals surface area (Å²) in [6.45, 7) is 6.89. The maximum atomic E-state index is 13.3. The first-order valence-corrected chi connectivity index (χ1v) is 7.96. The summed E-state index contributed by atoms with van der Waals surface area (Å²) < 4.78 is 19.5. The van der Waals surface area contributed by atoms with Gasteiger partial charge < -0.3 is 9.84 Å². The largest absolute Gasteiger partial charge is 0.487 e. The Morgan fingerprint density at radius 2 is 1.90 bits per heavy atom. The zero-order valence-corrected chi connectivity index (χ0v) is 13.2. The summed E-state index contributed by atoms with van der Waals surface area (Å²) in [5, 5.41) is 10.4. The molecule has 0 saturated heterocycles. The third-order valence-electron chi connectivity index (χ3n) is 5.34. The fourth-order valence-electron chi connectivity index (χ4n) is 3.93. The van der Waals surface area contributed by atoms with Crippen LogP contribution < -0.4 is 4.74 Å². The van der Waals surface area contributed by atoms with Crippen molar-refractivity contribution in [2.24, 2.45) is 11.3 Å². The van der Waals surface area contributed by atoms with Crippen LogP contribution >= 0.6 is 0 Å². The van der Waals surface area contributed by atoms with Crippen LogP contribution in [0.3, 0.4) is 0 Å². The second-order valence-corrected chi connectivity index (χ2v) is 7.83. The third-order valence-corrected chi connectivity index (χ3v) is 5.34. The van der Waals surface area contributed by atoms with Gasteiger partial charge in [0, 0.05) is 12.0 Å². The highest BCUT2D eigenvalue weighted by atomic mass is 19.1. The molecule has 2 nitrogen and oxygen atoms in total. The summed E-state index contributed by atoms with van der Waals surface area (Å²) in [6.07, 6.45) is 4.18. The topological polar surface area (TPSA) is 29.5 Å². The predicted octanol–water partition coefficient (Wildman–Crippen LogP) is 4.62. The SMILES string of the molecule is CC(C)(C)C1CCC2(CC1)C[C@@H](O)c1cc(F)ccc1O2. The molecule has 116 valence electrons. The second kappa shape index (κ2) is 4.98. The van der Waals surface area contributed by atoms with Gasteiger partial charge >= 0.3 is 0 Å². The van der Waals surface area contributed by atoms with E-state index in [1.165, 1.54) is 12.1 Å². The molecule has 0 aromatic heterocycles. The minimum atomic E-state index is -0.615. The highest BCUT2D eigenvalue weighted by molar-refractivity contribution is 5.38. The first kappa shape index (κ1) is 14.8. The zero-order chi connectivity index (χ0) is 15.3. The Bertz CT molecular complexity index is 525. The Kier molecular flexibility index (Phi) is 3.52. The van der Waals surface area contributed by atoms with Crippen LogP contribution in [0, 0.1) is 17.2 Å². The van der Waals surface area contributed by atoms with Crippen LogP contribution in [-0.2, 0) is 0 Å². The van der Waals surface area contributed by atoms with E-state index in [1.54, 1.807) is 6.07 Å². The predicted molar refractivity (Wildman–Crippen MR) is 80.7 cm³/mol. The highest BCUT2D eigenvalue weighted by Crippen LogP contribution is 2.49. The van der Waals surface area contributed by atoms with Gasteiger partial charge in [-0.05, 0) is 55.2 Å². The van der Waals surface area contributed by atoms with Crippen molar-refractivity contribution in [3.63, 3.8) is 0 Å². The van der Waals surface area contributed by atoms with E-state index in [2.05, 4.69) is 20.8 Å². The van der Waals surface area contributed by atoms with Gasteiger partial charge in [0.2, 0.25) is 0 Å². The molecule has 0 bridgehead atoms. The molecular formula is C18H25FO2. The molecule has 3 rings (SSSR count). The zero-order valence-electron chi connectivity index (χ0n) is 13.2. The Morgan fingerprint density at radius 1 is 1.24 bits per heavy atom. The van der Waals surface area contributed by atoms with E-state index in [0.29, 0.717) is 29.1 Å². The number of fused-ring (bicyclic) bond motifs is 1. The molecule has 1 N–H and O–H groups in total. The molecule has 1 heterocycles. The normalized spacial score (nSPS) is 32.6. The van der Waals surface area contributed by atoms with Crippen LogP contribution in [0.1, 0.15) is 64.5 Å². The smallest absolute Gasteiger partial charge is 0.126 e. The van der Waals surface area contributed by atoms with E-state index in [9.17, 15) is 9.50 Å². The van der Waals surface area contributed by atoms with E-state index in [4.69, 9.17) is 4.74 Å². The van der Waals surface area contributed by atoms with Gasteiger partial charge in [0.1, 0.15) is 17.2 Å². The number of aliphatic hydroxyl groups excluding tert-OH is 1. The Morgan fingerprint density at radius 3 is 2.52 bits per heavy atom. The molecule has 0 radical (unpaired) electrons. The standard InChI is InChI=1S/C18H25FO2/c1-17(2,3)12-6-8-18(9-7-12)11-15(20)14-10-13(19)4-5-16(14)21-18/h4-5,10,12,15,20H,6-9,11H2,1-3H3/t12?,15-,18?/m1/s1. The molecule has 3 heteroatoms. The van der Waals surface area contributed by atoms with Crippen LogP contribution in [0.25, 0.3) is 0 Å². The fourth-order valence-corrected chi connectivity index (χ4v) is 3.93. The molecule has 2 aliphatic rings.